The van der Waals surface area contributed by atoms with Gasteiger partial charge in [-0.2, -0.15) is 0 Å². The van der Waals surface area contributed by atoms with Gasteiger partial charge in [-0.3, -0.25) is 4.79 Å². The van der Waals surface area contributed by atoms with E-state index >= 15 is 0 Å². The largest absolute Gasteiger partial charge is 0.491 e. The summed E-state index contributed by atoms with van der Waals surface area (Å²) in [5.41, 5.74) is 3.76. The van der Waals surface area contributed by atoms with Crippen LogP contribution in [0.5, 0.6) is 5.75 Å². The topological polar surface area (TPSA) is 82.5 Å². The first-order chi connectivity index (χ1) is 12.4. The predicted octanol–water partition coefficient (Wildman–Crippen LogP) is 2.77. The van der Waals surface area contributed by atoms with E-state index in [0.717, 1.165) is 27.7 Å². The first-order valence-corrected chi connectivity index (χ1v) is 8.65. The number of aromatic nitrogens is 1. The van der Waals surface area contributed by atoms with E-state index in [1.807, 2.05) is 30.3 Å². The molecule has 3 N–H and O–H groups in total. The summed E-state index contributed by atoms with van der Waals surface area (Å²) >= 11 is 0. The highest BCUT2D eigenvalue weighted by Gasteiger charge is 2.39. The summed E-state index contributed by atoms with van der Waals surface area (Å²) in [6.45, 7) is 3.81. The third-order valence-corrected chi connectivity index (χ3v) is 5.12. The Bertz CT molecular complexity index is 1000. The number of H-pyrrole nitrogens is 1. The quantitative estimate of drug-likeness (QED) is 0.675. The fraction of sp³-hybridized carbons (Fsp3) is 0.286. The lowest BCUT2D eigenvalue weighted by atomic mass is 9.71. The Kier molecular flexibility index (Phi) is 3.86. The number of carbonyl (C=O) groups excluding carboxylic acids is 1. The van der Waals surface area contributed by atoms with E-state index in [0.29, 0.717) is 11.3 Å². The van der Waals surface area contributed by atoms with Gasteiger partial charge in [0.05, 0.1) is 12.2 Å². The van der Waals surface area contributed by atoms with Crippen LogP contribution in [-0.2, 0) is 5.41 Å². The molecule has 0 aliphatic heterocycles. The number of aliphatic hydroxyl groups excluding tert-OH is 2. The average molecular weight is 351 g/mol. The van der Waals surface area contributed by atoms with Gasteiger partial charge in [-0.25, -0.2) is 0 Å². The fourth-order valence-electron chi connectivity index (χ4n) is 3.69. The van der Waals surface area contributed by atoms with Crippen LogP contribution < -0.4 is 4.74 Å². The number of hydrogen-bond acceptors (Lipinski definition) is 4. The number of nitrogens with one attached hydrogen (secondary N) is 1. The highest BCUT2D eigenvalue weighted by molar-refractivity contribution is 6.20. The Morgan fingerprint density at radius 1 is 1.19 bits per heavy atom. The lowest BCUT2D eigenvalue weighted by molar-refractivity contribution is 0.0535. The number of para-hydroxylation sites is 1. The van der Waals surface area contributed by atoms with Crippen molar-refractivity contribution in [2.75, 3.05) is 13.2 Å². The van der Waals surface area contributed by atoms with Crippen molar-refractivity contribution in [3.05, 3.63) is 64.8 Å². The van der Waals surface area contributed by atoms with E-state index in [9.17, 15) is 9.90 Å². The third kappa shape index (κ3) is 2.43. The van der Waals surface area contributed by atoms with Crippen molar-refractivity contribution in [3.8, 4) is 5.75 Å². The van der Waals surface area contributed by atoms with Gasteiger partial charge in [-0.1, -0.05) is 32.0 Å². The molecule has 1 aliphatic carbocycles. The van der Waals surface area contributed by atoms with Crippen molar-refractivity contribution in [2.24, 2.45) is 0 Å². The number of rotatable bonds is 4. The molecule has 1 aliphatic rings. The summed E-state index contributed by atoms with van der Waals surface area (Å²) < 4.78 is 5.57. The summed E-state index contributed by atoms with van der Waals surface area (Å²) in [5, 5.41) is 19.3. The molecule has 1 atom stereocenters. The Morgan fingerprint density at radius 2 is 1.96 bits per heavy atom. The molecular weight excluding hydrogens is 330 g/mol. The smallest absolute Gasteiger partial charge is 0.195 e. The monoisotopic (exact) mass is 351 g/mol. The standard InChI is InChI=1S/C21H21NO4/c1-21(2)16-9-13(26-11-12(24)10-23)7-8-14(16)19(25)18-15-5-3-4-6-17(15)22-20(18)21/h3-9,12,22-24H,10-11H2,1-2H3. The van der Waals surface area contributed by atoms with Crippen molar-refractivity contribution in [1.82, 2.24) is 4.98 Å². The molecular formula is C21H21NO4. The van der Waals surface area contributed by atoms with Gasteiger partial charge in [0.15, 0.2) is 5.78 Å². The summed E-state index contributed by atoms with van der Waals surface area (Å²) in [6.07, 6.45) is -0.930. The van der Waals surface area contributed by atoms with Crippen molar-refractivity contribution in [3.63, 3.8) is 0 Å². The van der Waals surface area contributed by atoms with Gasteiger partial charge in [0, 0.05) is 27.6 Å². The summed E-state index contributed by atoms with van der Waals surface area (Å²) in [7, 11) is 0. The van der Waals surface area contributed by atoms with Gasteiger partial charge in [0.2, 0.25) is 0 Å². The number of fused-ring (bicyclic) bond motifs is 4. The zero-order valence-electron chi connectivity index (χ0n) is 14.7. The van der Waals surface area contributed by atoms with Gasteiger partial charge < -0.3 is 19.9 Å². The minimum absolute atomic E-state index is 0.00129. The molecule has 1 aromatic heterocycles. The molecule has 134 valence electrons. The van der Waals surface area contributed by atoms with Gasteiger partial charge >= 0.3 is 0 Å². The van der Waals surface area contributed by atoms with E-state index in [1.54, 1.807) is 12.1 Å². The summed E-state index contributed by atoms with van der Waals surface area (Å²) in [5.74, 6) is 0.574. The predicted molar refractivity (Wildman–Crippen MR) is 98.9 cm³/mol. The Morgan fingerprint density at radius 3 is 2.73 bits per heavy atom. The molecule has 0 bridgehead atoms. The molecule has 1 unspecified atom stereocenters. The van der Waals surface area contributed by atoms with E-state index in [2.05, 4.69) is 18.8 Å². The lowest BCUT2D eigenvalue weighted by Crippen LogP contribution is -2.30. The van der Waals surface area contributed by atoms with Crippen molar-refractivity contribution >= 4 is 16.7 Å². The second kappa shape index (κ2) is 5.97. The number of aromatic amines is 1. The van der Waals surface area contributed by atoms with Crippen LogP contribution in [0.4, 0.5) is 0 Å². The highest BCUT2D eigenvalue weighted by Crippen LogP contribution is 2.44. The minimum Gasteiger partial charge on any atom is -0.491 e. The molecule has 0 fully saturated rings. The zero-order valence-corrected chi connectivity index (χ0v) is 14.7. The molecule has 26 heavy (non-hydrogen) atoms. The Balaban J connectivity index is 1.82. The second-order valence-corrected chi connectivity index (χ2v) is 7.23. The maximum absolute atomic E-state index is 13.2. The normalized spacial score (nSPS) is 16.2. The first-order valence-electron chi connectivity index (χ1n) is 8.65. The van der Waals surface area contributed by atoms with Gasteiger partial charge in [0.25, 0.3) is 0 Å². The van der Waals surface area contributed by atoms with Crippen molar-refractivity contribution in [1.29, 1.82) is 0 Å². The summed E-state index contributed by atoms with van der Waals surface area (Å²) in [6, 6.07) is 13.2. The van der Waals surface area contributed by atoms with Crippen LogP contribution in [0.25, 0.3) is 10.9 Å². The zero-order chi connectivity index (χ0) is 18.5. The molecule has 4 rings (SSSR count). The van der Waals surface area contributed by atoms with Crippen LogP contribution in [-0.4, -0.2) is 40.3 Å². The number of hydrogen-bond donors (Lipinski definition) is 3. The van der Waals surface area contributed by atoms with E-state index in [4.69, 9.17) is 9.84 Å². The molecule has 0 saturated heterocycles. The second-order valence-electron chi connectivity index (χ2n) is 7.23. The SMILES string of the molecule is CC1(C)c2cc(OCC(O)CO)ccc2C(=O)c2c1[nH]c1ccccc21. The molecule has 2 aromatic carbocycles. The highest BCUT2D eigenvalue weighted by atomic mass is 16.5. The van der Waals surface area contributed by atoms with Crippen LogP contribution in [0.3, 0.4) is 0 Å². The fourth-order valence-corrected chi connectivity index (χ4v) is 3.69. The van der Waals surface area contributed by atoms with Gasteiger partial charge in [0.1, 0.15) is 18.5 Å². The lowest BCUT2D eigenvalue weighted by Gasteiger charge is -2.32. The molecule has 5 nitrogen and oxygen atoms in total. The number of carbonyl (C=O) groups is 1. The van der Waals surface area contributed by atoms with E-state index in [-0.39, 0.29) is 19.0 Å². The van der Waals surface area contributed by atoms with Crippen LogP contribution >= 0.6 is 0 Å². The molecule has 0 amide bonds. The Hall–Kier alpha value is -2.63. The van der Waals surface area contributed by atoms with Gasteiger partial charge in [-0.05, 0) is 29.8 Å². The molecule has 0 spiro atoms. The third-order valence-electron chi connectivity index (χ3n) is 5.12. The molecule has 5 heteroatoms. The van der Waals surface area contributed by atoms with E-state index in [1.165, 1.54) is 0 Å². The van der Waals surface area contributed by atoms with Crippen molar-refractivity contribution < 1.29 is 19.7 Å². The van der Waals surface area contributed by atoms with Crippen molar-refractivity contribution in [2.45, 2.75) is 25.4 Å². The maximum atomic E-state index is 13.2. The molecule has 0 saturated carbocycles. The van der Waals surface area contributed by atoms with Crippen LogP contribution in [0, 0.1) is 0 Å². The molecule has 0 radical (unpaired) electrons. The average Bonchev–Trinajstić information content (AvgIpc) is 3.05. The number of ether oxygens (including phenoxy) is 1. The van der Waals surface area contributed by atoms with Crippen LogP contribution in [0.15, 0.2) is 42.5 Å². The minimum atomic E-state index is -0.930. The first kappa shape index (κ1) is 16.8. The maximum Gasteiger partial charge on any atom is 0.195 e. The molecule has 1 heterocycles. The number of ketones is 1. The van der Waals surface area contributed by atoms with Crippen LogP contribution in [0.2, 0.25) is 0 Å². The van der Waals surface area contributed by atoms with Gasteiger partial charge in [-0.15, -0.1) is 0 Å². The van der Waals surface area contributed by atoms with Crippen LogP contribution in [0.1, 0.15) is 41.0 Å². The number of aliphatic hydroxyl groups is 2. The Labute approximate surface area is 151 Å². The molecule has 3 aromatic rings. The summed E-state index contributed by atoms with van der Waals surface area (Å²) in [4.78, 5) is 16.6. The van der Waals surface area contributed by atoms with E-state index < -0.39 is 11.5 Å². The number of benzene rings is 2.